The SMILES string of the molecule is COc1ccc(N2C(=O)C(=O)/C(=C(\O)c3ccc(OC)c(C(C)C)c3)C2c2ccccn2)cc1. The van der Waals surface area contributed by atoms with Gasteiger partial charge < -0.3 is 14.6 Å². The number of hydrogen-bond acceptors (Lipinski definition) is 6. The van der Waals surface area contributed by atoms with E-state index in [1.165, 1.54) is 4.90 Å². The van der Waals surface area contributed by atoms with Gasteiger partial charge in [0.25, 0.3) is 11.7 Å². The lowest BCUT2D eigenvalue weighted by Crippen LogP contribution is -2.29. The van der Waals surface area contributed by atoms with E-state index in [1.807, 2.05) is 13.8 Å². The molecule has 4 rings (SSSR count). The van der Waals surface area contributed by atoms with Gasteiger partial charge in [0.05, 0.1) is 25.5 Å². The summed E-state index contributed by atoms with van der Waals surface area (Å²) in [6.07, 6.45) is 1.59. The fourth-order valence-corrected chi connectivity index (χ4v) is 4.15. The highest BCUT2D eigenvalue weighted by molar-refractivity contribution is 6.51. The molecule has 1 fully saturated rings. The van der Waals surface area contributed by atoms with Gasteiger partial charge in [0.15, 0.2) is 0 Å². The van der Waals surface area contributed by atoms with Gasteiger partial charge in [-0.25, -0.2) is 0 Å². The molecule has 7 nitrogen and oxygen atoms in total. The maximum atomic E-state index is 13.3. The topological polar surface area (TPSA) is 89.0 Å². The van der Waals surface area contributed by atoms with Gasteiger partial charge in [0.1, 0.15) is 23.3 Å². The van der Waals surface area contributed by atoms with Crippen LogP contribution in [0.25, 0.3) is 5.76 Å². The third-order valence-corrected chi connectivity index (χ3v) is 5.89. The van der Waals surface area contributed by atoms with E-state index in [0.717, 1.165) is 5.56 Å². The Morgan fingerprint density at radius 1 is 1.00 bits per heavy atom. The minimum absolute atomic E-state index is 0.0145. The molecule has 1 unspecified atom stereocenters. The Morgan fingerprint density at radius 3 is 2.32 bits per heavy atom. The van der Waals surface area contributed by atoms with Crippen LogP contribution in [0, 0.1) is 0 Å². The van der Waals surface area contributed by atoms with Crippen molar-refractivity contribution in [3.8, 4) is 11.5 Å². The number of carbonyl (C=O) groups excluding carboxylic acids is 2. The zero-order valence-electron chi connectivity index (χ0n) is 19.5. The van der Waals surface area contributed by atoms with Crippen molar-refractivity contribution >= 4 is 23.1 Å². The molecule has 1 amide bonds. The normalized spacial score (nSPS) is 17.3. The fraction of sp³-hybridized carbons (Fsp3) is 0.222. The van der Waals surface area contributed by atoms with Gasteiger partial charge in [0.2, 0.25) is 0 Å². The molecule has 0 spiro atoms. The largest absolute Gasteiger partial charge is 0.507 e. The smallest absolute Gasteiger partial charge is 0.300 e. The molecule has 34 heavy (non-hydrogen) atoms. The highest BCUT2D eigenvalue weighted by Crippen LogP contribution is 2.42. The van der Waals surface area contributed by atoms with E-state index in [2.05, 4.69) is 4.98 Å². The number of aliphatic hydroxyl groups excluding tert-OH is 1. The second-order valence-corrected chi connectivity index (χ2v) is 8.23. The van der Waals surface area contributed by atoms with Crippen molar-refractivity contribution in [2.24, 2.45) is 0 Å². The predicted molar refractivity (Wildman–Crippen MR) is 129 cm³/mol. The maximum absolute atomic E-state index is 13.3. The predicted octanol–water partition coefficient (Wildman–Crippen LogP) is 4.85. The van der Waals surface area contributed by atoms with Gasteiger partial charge in [0, 0.05) is 17.4 Å². The van der Waals surface area contributed by atoms with Crippen molar-refractivity contribution in [2.75, 3.05) is 19.1 Å². The van der Waals surface area contributed by atoms with Crippen LogP contribution in [0.5, 0.6) is 11.5 Å². The molecule has 2 aromatic carbocycles. The van der Waals surface area contributed by atoms with Crippen LogP contribution in [-0.4, -0.2) is 36.0 Å². The zero-order chi connectivity index (χ0) is 24.4. The number of anilines is 1. The van der Waals surface area contributed by atoms with Gasteiger partial charge in [-0.2, -0.15) is 0 Å². The van der Waals surface area contributed by atoms with Gasteiger partial charge in [-0.3, -0.25) is 19.5 Å². The van der Waals surface area contributed by atoms with E-state index in [4.69, 9.17) is 9.47 Å². The first-order valence-corrected chi connectivity index (χ1v) is 10.9. The second-order valence-electron chi connectivity index (χ2n) is 8.23. The van der Waals surface area contributed by atoms with Gasteiger partial charge in [-0.1, -0.05) is 19.9 Å². The van der Waals surface area contributed by atoms with Crippen LogP contribution >= 0.6 is 0 Å². The lowest BCUT2D eigenvalue weighted by Gasteiger charge is -2.24. The molecular weight excluding hydrogens is 432 g/mol. The number of methoxy groups -OCH3 is 2. The van der Waals surface area contributed by atoms with Crippen molar-refractivity contribution in [1.29, 1.82) is 0 Å². The molecule has 0 aliphatic carbocycles. The van der Waals surface area contributed by atoms with Crippen LogP contribution in [0.1, 0.15) is 42.6 Å². The second kappa shape index (κ2) is 9.39. The van der Waals surface area contributed by atoms with Crippen molar-refractivity contribution in [2.45, 2.75) is 25.8 Å². The number of rotatable bonds is 6. The van der Waals surface area contributed by atoms with E-state index in [-0.39, 0.29) is 17.3 Å². The Morgan fingerprint density at radius 2 is 1.74 bits per heavy atom. The highest BCUT2D eigenvalue weighted by Gasteiger charge is 2.47. The quantitative estimate of drug-likeness (QED) is 0.323. The van der Waals surface area contributed by atoms with Crippen LogP contribution in [0.4, 0.5) is 5.69 Å². The summed E-state index contributed by atoms with van der Waals surface area (Å²) in [6.45, 7) is 4.02. The molecule has 1 aromatic heterocycles. The van der Waals surface area contributed by atoms with Crippen LogP contribution < -0.4 is 14.4 Å². The average Bonchev–Trinajstić information content (AvgIpc) is 3.14. The van der Waals surface area contributed by atoms with Crippen molar-refractivity contribution in [3.05, 3.63) is 89.3 Å². The summed E-state index contributed by atoms with van der Waals surface area (Å²) < 4.78 is 10.7. The van der Waals surface area contributed by atoms with E-state index < -0.39 is 17.7 Å². The summed E-state index contributed by atoms with van der Waals surface area (Å²) in [4.78, 5) is 32.3. The van der Waals surface area contributed by atoms with Crippen LogP contribution in [0.2, 0.25) is 0 Å². The summed E-state index contributed by atoms with van der Waals surface area (Å²) in [6, 6.07) is 16.4. The number of ether oxygens (including phenoxy) is 2. The zero-order valence-corrected chi connectivity index (χ0v) is 19.5. The number of aromatic nitrogens is 1. The third kappa shape index (κ3) is 4.01. The van der Waals surface area contributed by atoms with E-state index in [0.29, 0.717) is 28.4 Å². The maximum Gasteiger partial charge on any atom is 0.300 e. The third-order valence-electron chi connectivity index (χ3n) is 5.89. The number of carbonyl (C=O) groups is 2. The molecule has 1 saturated heterocycles. The lowest BCUT2D eigenvalue weighted by atomic mass is 9.94. The number of pyridine rings is 1. The standard InChI is InChI=1S/C27H26N2O5/c1-16(2)20-15-17(8-13-22(20)34-4)25(30)23-24(21-7-5-6-14-28-21)29(27(32)26(23)31)18-9-11-19(33-3)12-10-18/h5-16,24,30H,1-4H3/b25-23-. The molecule has 1 aliphatic rings. The summed E-state index contributed by atoms with van der Waals surface area (Å²) >= 11 is 0. The van der Waals surface area contributed by atoms with Crippen molar-refractivity contribution < 1.29 is 24.2 Å². The summed E-state index contributed by atoms with van der Waals surface area (Å²) in [5.41, 5.74) is 2.26. The molecule has 1 N–H and O–H groups in total. The van der Waals surface area contributed by atoms with Gasteiger partial charge in [-0.15, -0.1) is 0 Å². The summed E-state index contributed by atoms with van der Waals surface area (Å²) in [7, 11) is 3.14. The van der Waals surface area contributed by atoms with E-state index in [9.17, 15) is 14.7 Å². The molecule has 0 radical (unpaired) electrons. The van der Waals surface area contributed by atoms with Gasteiger partial charge >= 0.3 is 0 Å². The minimum atomic E-state index is -0.890. The molecule has 174 valence electrons. The van der Waals surface area contributed by atoms with Crippen LogP contribution in [0.3, 0.4) is 0 Å². The molecule has 3 aromatic rings. The number of benzene rings is 2. The minimum Gasteiger partial charge on any atom is -0.507 e. The Kier molecular flexibility index (Phi) is 6.36. The van der Waals surface area contributed by atoms with Gasteiger partial charge in [-0.05, 0) is 66.1 Å². The van der Waals surface area contributed by atoms with E-state index >= 15 is 0 Å². The summed E-state index contributed by atoms with van der Waals surface area (Å²) in [5, 5.41) is 11.3. The average molecular weight is 459 g/mol. The summed E-state index contributed by atoms with van der Waals surface area (Å²) in [5.74, 6) is -0.336. The lowest BCUT2D eigenvalue weighted by molar-refractivity contribution is -0.132. The molecular formula is C27H26N2O5. The first kappa shape index (κ1) is 23.0. The number of ketones is 1. The number of amides is 1. The van der Waals surface area contributed by atoms with Crippen molar-refractivity contribution in [3.63, 3.8) is 0 Å². The van der Waals surface area contributed by atoms with Crippen molar-refractivity contribution in [1.82, 2.24) is 4.98 Å². The molecule has 1 atom stereocenters. The molecule has 7 heteroatoms. The van der Waals surface area contributed by atoms with E-state index in [1.54, 1.807) is 81.1 Å². The Balaban J connectivity index is 1.91. The number of nitrogens with zero attached hydrogens (tertiary/aromatic N) is 2. The number of aliphatic hydroxyl groups is 1. The number of Topliss-reactive ketones (excluding diaryl/α,β-unsaturated/α-hetero) is 1. The van der Waals surface area contributed by atoms with Crippen LogP contribution in [-0.2, 0) is 9.59 Å². The first-order chi connectivity index (χ1) is 16.4. The highest BCUT2D eigenvalue weighted by atomic mass is 16.5. The Hall–Kier alpha value is -4.13. The first-order valence-electron chi connectivity index (χ1n) is 10.9. The number of hydrogen-bond donors (Lipinski definition) is 1. The molecule has 1 aliphatic heterocycles. The Labute approximate surface area is 198 Å². The molecule has 0 saturated carbocycles. The van der Waals surface area contributed by atoms with Crippen LogP contribution in [0.15, 0.2) is 72.4 Å². The monoisotopic (exact) mass is 458 g/mol. The molecule has 2 heterocycles. The molecule has 0 bridgehead atoms. The Bertz CT molecular complexity index is 1250. The fourth-order valence-electron chi connectivity index (χ4n) is 4.15.